The van der Waals surface area contributed by atoms with Gasteiger partial charge in [-0.1, -0.05) is 52.7 Å². The van der Waals surface area contributed by atoms with Crippen molar-refractivity contribution in [1.82, 2.24) is 4.98 Å². The van der Waals surface area contributed by atoms with Crippen molar-refractivity contribution in [2.75, 3.05) is 12.0 Å². The van der Waals surface area contributed by atoms with Crippen LogP contribution in [0.25, 0.3) is 0 Å². The Morgan fingerprint density at radius 2 is 2.12 bits per heavy atom. The van der Waals surface area contributed by atoms with Gasteiger partial charge in [-0.3, -0.25) is 5.43 Å². The summed E-state index contributed by atoms with van der Waals surface area (Å²) in [4.78, 5) is 14.7. The molecular formula is C15H11Cl3N3O4-. The lowest BCUT2D eigenvalue weighted by molar-refractivity contribution is -0.270. The lowest BCUT2D eigenvalue weighted by Gasteiger charge is -2.16. The van der Waals surface area contributed by atoms with Gasteiger partial charge in [-0.2, -0.15) is 5.10 Å². The topological polar surface area (TPSA) is 107 Å². The third-order valence-electron chi connectivity index (χ3n) is 2.93. The van der Waals surface area contributed by atoms with E-state index in [1.165, 1.54) is 6.21 Å². The van der Waals surface area contributed by atoms with E-state index in [4.69, 9.17) is 44.6 Å². The van der Waals surface area contributed by atoms with Gasteiger partial charge in [0, 0.05) is 0 Å². The van der Waals surface area contributed by atoms with Crippen LogP contribution >= 0.6 is 34.8 Å². The molecule has 132 valence electrons. The van der Waals surface area contributed by atoms with Gasteiger partial charge in [-0.15, -0.1) is 0 Å². The molecular weight excluding hydrogens is 393 g/mol. The average molecular weight is 404 g/mol. The molecule has 0 radical (unpaired) electrons. The summed E-state index contributed by atoms with van der Waals surface area (Å²) in [6, 6.07) is 4.73. The summed E-state index contributed by atoms with van der Waals surface area (Å²) in [6.07, 6.45) is 1.23. The van der Waals surface area contributed by atoms with E-state index in [1.807, 2.05) is 0 Å². The number of carboxylic acid groups (broad SMARTS) is 1. The van der Waals surface area contributed by atoms with Gasteiger partial charge in [-0.05, 0) is 18.6 Å². The van der Waals surface area contributed by atoms with Crippen molar-refractivity contribution < 1.29 is 19.7 Å². The molecule has 0 saturated heterocycles. The molecule has 1 aromatic heterocycles. The lowest BCUT2D eigenvalue weighted by atomic mass is 10.2. The fourth-order valence-corrected chi connectivity index (χ4v) is 2.49. The van der Waals surface area contributed by atoms with Crippen molar-refractivity contribution in [3.8, 4) is 11.5 Å². The van der Waals surface area contributed by atoms with Crippen LogP contribution in [0.5, 0.6) is 11.5 Å². The molecule has 0 aliphatic rings. The average Bonchev–Trinajstić information content (AvgIpc) is 2.57. The first-order valence-corrected chi connectivity index (χ1v) is 7.99. The largest absolute Gasteiger partial charge is 0.870 e. The van der Waals surface area contributed by atoms with E-state index in [9.17, 15) is 9.90 Å². The summed E-state index contributed by atoms with van der Waals surface area (Å²) in [6.45, 7) is 2.12. The number of para-hydroxylation sites is 1. The van der Waals surface area contributed by atoms with Gasteiger partial charge in [0.1, 0.15) is 15.8 Å². The third kappa shape index (κ3) is 4.25. The number of carbonyl (C=O) groups is 1. The van der Waals surface area contributed by atoms with Crippen molar-refractivity contribution in [3.63, 3.8) is 0 Å². The minimum absolute atomic E-state index is 0.0367. The second kappa shape index (κ2) is 8.24. The fraction of sp³-hybridized carbons (Fsp3) is 0.133. The number of rotatable bonds is 6. The standard InChI is InChI=1S/C15H12Cl3N3O4/c1-2-25-8-5-3-4-7(13(8)22)6-19-21-11-9(16)12(15(23)24)20-14(18)10(11)17/h3-6,22H,2H2,1H3,(H,20,21)(H,23,24)/p-1/b19-6+. The highest BCUT2D eigenvalue weighted by molar-refractivity contribution is 6.46. The highest BCUT2D eigenvalue weighted by atomic mass is 35.5. The molecule has 7 nitrogen and oxygen atoms in total. The summed E-state index contributed by atoms with van der Waals surface area (Å²) in [5, 5.41) is 24.4. The van der Waals surface area contributed by atoms with E-state index >= 15 is 0 Å². The Morgan fingerprint density at radius 3 is 2.76 bits per heavy atom. The molecule has 0 fully saturated rings. The Kier molecular flexibility index (Phi) is 6.30. The normalized spacial score (nSPS) is 10.9. The highest BCUT2D eigenvalue weighted by Gasteiger charge is 2.20. The van der Waals surface area contributed by atoms with Crippen LogP contribution in [0, 0.1) is 0 Å². The molecule has 0 spiro atoms. The number of benzene rings is 1. The van der Waals surface area contributed by atoms with Crippen molar-refractivity contribution in [2.24, 2.45) is 5.10 Å². The fourth-order valence-electron chi connectivity index (χ4n) is 1.82. The lowest BCUT2D eigenvalue weighted by Crippen LogP contribution is -2.06. The molecule has 25 heavy (non-hydrogen) atoms. The predicted octanol–water partition coefficient (Wildman–Crippen LogP) is 3.66. The van der Waals surface area contributed by atoms with E-state index in [0.29, 0.717) is 6.61 Å². The number of hydrogen-bond donors (Lipinski definition) is 2. The van der Waals surface area contributed by atoms with E-state index in [0.717, 1.165) is 0 Å². The third-order valence-corrected chi connectivity index (χ3v) is 4.04. The van der Waals surface area contributed by atoms with Gasteiger partial charge in [0.2, 0.25) is 0 Å². The van der Waals surface area contributed by atoms with Crippen LogP contribution in [0.1, 0.15) is 23.0 Å². The summed E-state index contributed by atoms with van der Waals surface area (Å²) in [5.74, 6) is -1.52. The van der Waals surface area contributed by atoms with Gasteiger partial charge in [0.15, 0.2) is 10.8 Å². The number of pyridine rings is 1. The summed E-state index contributed by atoms with van der Waals surface area (Å²) < 4.78 is 5.21. The maximum atomic E-state index is 12.1. The number of hydrogen-bond acceptors (Lipinski definition) is 6. The second-order valence-corrected chi connectivity index (χ2v) is 5.65. The summed E-state index contributed by atoms with van der Waals surface area (Å²) in [5.41, 5.74) is 2.22. The highest BCUT2D eigenvalue weighted by Crippen LogP contribution is 2.37. The molecule has 0 saturated carbocycles. The number of aromatic nitrogens is 1. The minimum Gasteiger partial charge on any atom is -0.870 e. The number of aromatic carboxylic acids is 1. The number of nitrogens with one attached hydrogen (secondary N) is 1. The molecule has 0 bridgehead atoms. The Labute approximate surface area is 157 Å². The second-order valence-electron chi connectivity index (χ2n) is 4.54. The van der Waals surface area contributed by atoms with Gasteiger partial charge in [0.05, 0.1) is 18.5 Å². The molecule has 0 aliphatic carbocycles. The number of nitrogens with zero attached hydrogens (tertiary/aromatic N) is 2. The van der Waals surface area contributed by atoms with Crippen LogP contribution in [0.3, 0.4) is 0 Å². The molecule has 10 heteroatoms. The van der Waals surface area contributed by atoms with E-state index in [1.54, 1.807) is 25.1 Å². The van der Waals surface area contributed by atoms with Crippen molar-refractivity contribution in [3.05, 3.63) is 44.7 Å². The number of hydrazone groups is 1. The molecule has 2 N–H and O–H groups in total. The minimum atomic E-state index is -1.37. The summed E-state index contributed by atoms with van der Waals surface area (Å²) >= 11 is 17.7. The Bertz CT molecular complexity index is 843. The molecule has 1 heterocycles. The van der Waals surface area contributed by atoms with E-state index in [-0.39, 0.29) is 37.9 Å². The van der Waals surface area contributed by atoms with Gasteiger partial charge >= 0.3 is 5.97 Å². The first kappa shape index (κ1) is 19.1. The van der Waals surface area contributed by atoms with E-state index < -0.39 is 11.7 Å². The molecule has 2 aromatic rings. The Morgan fingerprint density at radius 1 is 1.40 bits per heavy atom. The first-order chi connectivity index (χ1) is 11.9. The number of ether oxygens (including phenoxy) is 1. The molecule has 0 aliphatic heterocycles. The zero-order valence-electron chi connectivity index (χ0n) is 12.7. The van der Waals surface area contributed by atoms with Gasteiger partial charge < -0.3 is 14.9 Å². The van der Waals surface area contributed by atoms with Crippen LogP contribution in [0.2, 0.25) is 15.2 Å². The Balaban J connectivity index is 2.32. The van der Waals surface area contributed by atoms with Gasteiger partial charge in [0.25, 0.3) is 0 Å². The molecule has 0 unspecified atom stereocenters. The van der Waals surface area contributed by atoms with Crippen LogP contribution in [0.4, 0.5) is 5.69 Å². The van der Waals surface area contributed by atoms with Crippen molar-refractivity contribution in [1.29, 1.82) is 0 Å². The summed E-state index contributed by atoms with van der Waals surface area (Å²) in [7, 11) is 0. The molecule has 1 aromatic carbocycles. The Hall–Kier alpha value is -2.22. The quantitative estimate of drug-likeness (QED) is 0.433. The van der Waals surface area contributed by atoms with Crippen molar-refractivity contribution in [2.45, 2.75) is 6.92 Å². The molecule has 2 rings (SSSR count). The maximum Gasteiger partial charge on any atom is 0.356 e. The smallest absolute Gasteiger partial charge is 0.356 e. The molecule has 0 amide bonds. The van der Waals surface area contributed by atoms with Crippen LogP contribution < -0.4 is 15.3 Å². The number of carboxylic acids is 1. The van der Waals surface area contributed by atoms with Crippen molar-refractivity contribution >= 4 is 52.7 Å². The maximum absolute atomic E-state index is 12.1. The zero-order valence-corrected chi connectivity index (χ0v) is 15.0. The monoisotopic (exact) mass is 402 g/mol. The van der Waals surface area contributed by atoms with Gasteiger partial charge in [-0.25, -0.2) is 9.78 Å². The number of anilines is 1. The zero-order chi connectivity index (χ0) is 18.6. The van der Waals surface area contributed by atoms with Crippen LogP contribution in [-0.4, -0.2) is 28.9 Å². The van der Waals surface area contributed by atoms with E-state index in [2.05, 4.69) is 15.5 Å². The van der Waals surface area contributed by atoms with Crippen LogP contribution in [0.15, 0.2) is 23.3 Å². The molecule has 0 atom stereocenters. The predicted molar refractivity (Wildman–Crippen MR) is 94.5 cm³/mol. The first-order valence-electron chi connectivity index (χ1n) is 6.86. The number of halogens is 3. The van der Waals surface area contributed by atoms with Crippen LogP contribution in [-0.2, 0) is 0 Å². The SMILES string of the molecule is CCOc1cccc(/C=N/Nc2c(Cl)c(Cl)nc(C(=O)O)c2Cl)c1[O-].